The Morgan fingerprint density at radius 2 is 2.05 bits per heavy atom. The Kier molecular flexibility index (Phi) is 5.21. The minimum Gasteiger partial charge on any atom is -0.494 e. The van der Waals surface area contributed by atoms with Gasteiger partial charge in [0.05, 0.1) is 7.11 Å². The van der Waals surface area contributed by atoms with Crippen LogP contribution >= 0.6 is 11.6 Å². The van der Waals surface area contributed by atoms with Crippen molar-refractivity contribution in [1.29, 1.82) is 0 Å². The summed E-state index contributed by atoms with van der Waals surface area (Å²) in [6, 6.07) is 10.9. The minimum absolute atomic E-state index is 0.159. The fourth-order valence-corrected chi connectivity index (χ4v) is 2.70. The van der Waals surface area contributed by atoms with Crippen LogP contribution in [0.5, 0.6) is 5.75 Å². The lowest BCUT2D eigenvalue weighted by molar-refractivity contribution is 0.387. The molecule has 0 saturated heterocycles. The molecule has 0 fully saturated rings. The van der Waals surface area contributed by atoms with E-state index in [0.29, 0.717) is 10.6 Å². The predicted octanol–water partition coefficient (Wildman–Crippen LogP) is 4.83. The number of hydrogen-bond donors (Lipinski definition) is 1. The van der Waals surface area contributed by atoms with E-state index < -0.39 is 0 Å². The van der Waals surface area contributed by atoms with E-state index in [0.717, 1.165) is 17.7 Å². The average Bonchev–Trinajstić information content (AvgIpc) is 2.47. The lowest BCUT2D eigenvalue weighted by atomic mass is 10.0. The van der Waals surface area contributed by atoms with E-state index in [1.165, 1.54) is 7.11 Å². The molecule has 1 N–H and O–H groups in total. The van der Waals surface area contributed by atoms with Crippen molar-refractivity contribution >= 4 is 11.6 Å². The summed E-state index contributed by atoms with van der Waals surface area (Å²) < 4.78 is 19.3. The first-order valence-electron chi connectivity index (χ1n) is 6.94. The zero-order valence-electron chi connectivity index (χ0n) is 12.4. The Labute approximate surface area is 129 Å². The van der Waals surface area contributed by atoms with Crippen LogP contribution in [0, 0.1) is 5.82 Å². The Balaban J connectivity index is 2.41. The summed E-state index contributed by atoms with van der Waals surface area (Å²) in [4.78, 5) is 0. The molecule has 0 aliphatic heterocycles. The molecule has 2 aromatic rings. The van der Waals surface area contributed by atoms with Gasteiger partial charge in [-0.1, -0.05) is 42.8 Å². The highest BCUT2D eigenvalue weighted by Crippen LogP contribution is 2.33. The molecule has 2 aromatic carbocycles. The Morgan fingerprint density at radius 1 is 1.29 bits per heavy atom. The fourth-order valence-electron chi connectivity index (χ4n) is 2.35. The van der Waals surface area contributed by atoms with Gasteiger partial charge in [-0.15, -0.1) is 0 Å². The molecule has 0 heterocycles. The van der Waals surface area contributed by atoms with Crippen molar-refractivity contribution in [3.63, 3.8) is 0 Å². The third-order valence-corrected chi connectivity index (χ3v) is 3.80. The number of hydrogen-bond acceptors (Lipinski definition) is 2. The summed E-state index contributed by atoms with van der Waals surface area (Å²) in [5, 5.41) is 3.94. The number of nitrogens with one attached hydrogen (secondary N) is 1. The highest BCUT2D eigenvalue weighted by atomic mass is 35.5. The van der Waals surface area contributed by atoms with E-state index in [9.17, 15) is 4.39 Å². The van der Waals surface area contributed by atoms with Crippen molar-refractivity contribution in [2.75, 3.05) is 13.7 Å². The normalized spacial score (nSPS) is 12.2. The SMILES string of the molecule is CCNC(C)c1ccc(-c2cccc(OC)c2F)cc1Cl. The number of benzene rings is 2. The minimum atomic E-state index is -0.372. The molecule has 2 nitrogen and oxygen atoms in total. The van der Waals surface area contributed by atoms with Gasteiger partial charge in [-0.3, -0.25) is 0 Å². The smallest absolute Gasteiger partial charge is 0.172 e. The summed E-state index contributed by atoms with van der Waals surface area (Å²) in [5.41, 5.74) is 2.23. The molecule has 0 saturated carbocycles. The lowest BCUT2D eigenvalue weighted by Gasteiger charge is -2.16. The van der Waals surface area contributed by atoms with Gasteiger partial charge in [0.1, 0.15) is 0 Å². The van der Waals surface area contributed by atoms with Crippen LogP contribution < -0.4 is 10.1 Å². The van der Waals surface area contributed by atoms with E-state index >= 15 is 0 Å². The van der Waals surface area contributed by atoms with Gasteiger partial charge < -0.3 is 10.1 Å². The second-order valence-corrected chi connectivity index (χ2v) is 5.24. The third kappa shape index (κ3) is 3.36. The maximum absolute atomic E-state index is 14.3. The molecular weight excluding hydrogens is 289 g/mol. The van der Waals surface area contributed by atoms with Crippen LogP contribution in [0.1, 0.15) is 25.5 Å². The van der Waals surface area contributed by atoms with Crippen LogP contribution in [-0.2, 0) is 0 Å². The Bertz CT molecular complexity index is 630. The third-order valence-electron chi connectivity index (χ3n) is 3.47. The van der Waals surface area contributed by atoms with Gasteiger partial charge in [0.2, 0.25) is 0 Å². The predicted molar refractivity (Wildman–Crippen MR) is 85.5 cm³/mol. The van der Waals surface area contributed by atoms with Crippen LogP contribution in [-0.4, -0.2) is 13.7 Å². The highest BCUT2D eigenvalue weighted by molar-refractivity contribution is 6.31. The van der Waals surface area contributed by atoms with Gasteiger partial charge in [0, 0.05) is 16.6 Å². The van der Waals surface area contributed by atoms with Gasteiger partial charge >= 0.3 is 0 Å². The molecule has 112 valence electrons. The number of rotatable bonds is 5. The number of methoxy groups -OCH3 is 1. The van der Waals surface area contributed by atoms with E-state index in [1.807, 2.05) is 19.1 Å². The second kappa shape index (κ2) is 6.92. The maximum Gasteiger partial charge on any atom is 0.172 e. The largest absolute Gasteiger partial charge is 0.494 e. The van der Waals surface area contributed by atoms with Crippen LogP contribution in [0.2, 0.25) is 5.02 Å². The molecule has 0 bridgehead atoms. The van der Waals surface area contributed by atoms with Gasteiger partial charge in [0.25, 0.3) is 0 Å². The van der Waals surface area contributed by atoms with Crippen molar-refractivity contribution in [3.8, 4) is 16.9 Å². The summed E-state index contributed by atoms with van der Waals surface area (Å²) in [7, 11) is 1.45. The topological polar surface area (TPSA) is 21.3 Å². The van der Waals surface area contributed by atoms with Crippen molar-refractivity contribution < 1.29 is 9.13 Å². The van der Waals surface area contributed by atoms with Crippen molar-refractivity contribution in [2.45, 2.75) is 19.9 Å². The van der Waals surface area contributed by atoms with Crippen molar-refractivity contribution in [2.24, 2.45) is 0 Å². The quantitative estimate of drug-likeness (QED) is 0.854. The monoisotopic (exact) mass is 307 g/mol. The van der Waals surface area contributed by atoms with Crippen LogP contribution in [0.15, 0.2) is 36.4 Å². The zero-order valence-corrected chi connectivity index (χ0v) is 13.2. The first kappa shape index (κ1) is 15.8. The molecule has 21 heavy (non-hydrogen) atoms. The number of ether oxygens (including phenoxy) is 1. The van der Waals surface area contributed by atoms with E-state index in [4.69, 9.17) is 16.3 Å². The molecule has 0 aromatic heterocycles. The molecule has 0 spiro atoms. The standard InChI is InChI=1S/C17H19ClFNO/c1-4-20-11(2)13-9-8-12(10-15(13)18)14-6-5-7-16(21-3)17(14)19/h5-11,20H,4H2,1-3H3. The Morgan fingerprint density at radius 3 is 2.67 bits per heavy atom. The molecule has 0 aliphatic rings. The summed E-state index contributed by atoms with van der Waals surface area (Å²) in [5.74, 6) is -0.141. The summed E-state index contributed by atoms with van der Waals surface area (Å²) in [6.07, 6.45) is 0. The molecule has 1 unspecified atom stereocenters. The summed E-state index contributed by atoms with van der Waals surface area (Å²) in [6.45, 7) is 4.96. The summed E-state index contributed by atoms with van der Waals surface area (Å²) >= 11 is 6.34. The first-order chi connectivity index (χ1) is 10.1. The molecular formula is C17H19ClFNO. The van der Waals surface area contributed by atoms with E-state index in [1.54, 1.807) is 24.3 Å². The van der Waals surface area contributed by atoms with Gasteiger partial charge in [-0.2, -0.15) is 0 Å². The Hall–Kier alpha value is -1.58. The maximum atomic E-state index is 14.3. The van der Waals surface area contributed by atoms with Crippen molar-refractivity contribution in [3.05, 3.63) is 52.8 Å². The van der Waals surface area contributed by atoms with Gasteiger partial charge in [-0.05, 0) is 36.7 Å². The molecule has 0 amide bonds. The van der Waals surface area contributed by atoms with E-state index in [2.05, 4.69) is 12.2 Å². The van der Waals surface area contributed by atoms with Gasteiger partial charge in [-0.25, -0.2) is 4.39 Å². The lowest BCUT2D eigenvalue weighted by Crippen LogP contribution is -2.17. The molecule has 1 atom stereocenters. The van der Waals surface area contributed by atoms with Crippen LogP contribution in [0.25, 0.3) is 11.1 Å². The van der Waals surface area contributed by atoms with Gasteiger partial charge in [0.15, 0.2) is 11.6 Å². The van der Waals surface area contributed by atoms with E-state index in [-0.39, 0.29) is 17.6 Å². The number of halogens is 2. The highest BCUT2D eigenvalue weighted by Gasteiger charge is 2.13. The molecule has 0 radical (unpaired) electrons. The fraction of sp³-hybridized carbons (Fsp3) is 0.294. The zero-order chi connectivity index (χ0) is 15.4. The molecule has 2 rings (SSSR count). The van der Waals surface area contributed by atoms with Crippen LogP contribution in [0.3, 0.4) is 0 Å². The second-order valence-electron chi connectivity index (χ2n) is 4.84. The van der Waals surface area contributed by atoms with Crippen molar-refractivity contribution in [1.82, 2.24) is 5.32 Å². The first-order valence-corrected chi connectivity index (χ1v) is 7.32. The molecule has 4 heteroatoms. The molecule has 0 aliphatic carbocycles. The van der Waals surface area contributed by atoms with Crippen LogP contribution in [0.4, 0.5) is 4.39 Å². The average molecular weight is 308 g/mol.